The Labute approximate surface area is 85.5 Å². The molecule has 0 aromatic heterocycles. The maximum atomic E-state index is 8.57. The molecule has 0 saturated heterocycles. The lowest BCUT2D eigenvalue weighted by Crippen LogP contribution is -1.98. The fourth-order valence-electron chi connectivity index (χ4n) is 1.27. The first kappa shape index (κ1) is 11.2. The largest absolute Gasteiger partial charge is 0.396 e. The van der Waals surface area contributed by atoms with Gasteiger partial charge in [-0.25, -0.2) is 0 Å². The van der Waals surface area contributed by atoms with Crippen molar-refractivity contribution < 1.29 is 9.84 Å². The van der Waals surface area contributed by atoms with E-state index in [4.69, 9.17) is 9.84 Å². The van der Waals surface area contributed by atoms with Crippen molar-refractivity contribution >= 4 is 0 Å². The van der Waals surface area contributed by atoms with Crippen LogP contribution in [0.5, 0.6) is 0 Å². The highest BCUT2D eigenvalue weighted by molar-refractivity contribution is 5.24. The molecule has 0 heterocycles. The molecule has 0 radical (unpaired) electrons. The summed E-state index contributed by atoms with van der Waals surface area (Å²) in [6.45, 7) is 3.76. The van der Waals surface area contributed by atoms with Crippen molar-refractivity contribution in [3.63, 3.8) is 0 Å². The van der Waals surface area contributed by atoms with E-state index in [0.29, 0.717) is 6.61 Å². The molecule has 0 atom stereocenters. The van der Waals surface area contributed by atoms with Crippen LogP contribution in [0.15, 0.2) is 24.3 Å². The van der Waals surface area contributed by atoms with Gasteiger partial charge in [0, 0.05) is 13.2 Å². The second kappa shape index (κ2) is 6.57. The number of hydrogen-bond acceptors (Lipinski definition) is 2. The molecule has 0 spiro atoms. The summed E-state index contributed by atoms with van der Waals surface area (Å²) in [4.78, 5) is 0. The fraction of sp³-hybridized carbons (Fsp3) is 0.500. The van der Waals surface area contributed by atoms with Crippen LogP contribution < -0.4 is 0 Å². The van der Waals surface area contributed by atoms with E-state index in [-0.39, 0.29) is 6.61 Å². The van der Waals surface area contributed by atoms with E-state index < -0.39 is 0 Å². The molecule has 0 bridgehead atoms. The number of ether oxygens (including phenoxy) is 1. The molecule has 0 aliphatic rings. The Morgan fingerprint density at radius 1 is 1.21 bits per heavy atom. The number of unbranched alkanes of at least 4 members (excludes halogenated alkanes) is 1. The first-order valence-corrected chi connectivity index (χ1v) is 5.07. The lowest BCUT2D eigenvalue weighted by atomic mass is 10.1. The molecular formula is C12H18O2. The first-order chi connectivity index (χ1) is 6.84. The van der Waals surface area contributed by atoms with Crippen molar-refractivity contribution in [2.45, 2.75) is 26.4 Å². The number of aliphatic hydroxyl groups is 1. The summed E-state index contributed by atoms with van der Waals surface area (Å²) in [6, 6.07) is 8.23. The Morgan fingerprint density at radius 3 is 2.71 bits per heavy atom. The lowest BCUT2D eigenvalue weighted by molar-refractivity contribution is 0.112. The minimum Gasteiger partial charge on any atom is -0.396 e. The monoisotopic (exact) mass is 194 g/mol. The Kier molecular flexibility index (Phi) is 5.27. The number of aryl methyl sites for hydroxylation is 1. The maximum absolute atomic E-state index is 8.57. The number of rotatable bonds is 6. The van der Waals surface area contributed by atoms with Crippen LogP contribution >= 0.6 is 0 Å². The average Bonchev–Trinajstić information content (AvgIpc) is 2.20. The summed E-state index contributed by atoms with van der Waals surface area (Å²) in [7, 11) is 0. The van der Waals surface area contributed by atoms with Gasteiger partial charge < -0.3 is 9.84 Å². The van der Waals surface area contributed by atoms with E-state index in [2.05, 4.69) is 19.1 Å². The van der Waals surface area contributed by atoms with Gasteiger partial charge in [0.2, 0.25) is 0 Å². The van der Waals surface area contributed by atoms with Crippen LogP contribution in [0.3, 0.4) is 0 Å². The van der Waals surface area contributed by atoms with Crippen LogP contribution in [-0.4, -0.2) is 18.3 Å². The normalized spacial score (nSPS) is 10.4. The van der Waals surface area contributed by atoms with E-state index in [1.807, 2.05) is 12.1 Å². The summed E-state index contributed by atoms with van der Waals surface area (Å²) in [6.07, 6.45) is 1.76. The Bertz CT molecular complexity index is 258. The summed E-state index contributed by atoms with van der Waals surface area (Å²) in [5.41, 5.74) is 2.52. The van der Waals surface area contributed by atoms with Gasteiger partial charge >= 0.3 is 0 Å². The van der Waals surface area contributed by atoms with Crippen molar-refractivity contribution in [1.82, 2.24) is 0 Å². The lowest BCUT2D eigenvalue weighted by Gasteiger charge is -2.06. The van der Waals surface area contributed by atoms with Crippen LogP contribution in [0.2, 0.25) is 0 Å². The molecule has 0 saturated carbocycles. The number of aliphatic hydroxyl groups excluding tert-OH is 1. The molecule has 1 aromatic rings. The third-order valence-electron chi connectivity index (χ3n) is 2.22. The molecule has 2 heteroatoms. The summed E-state index contributed by atoms with van der Waals surface area (Å²) < 4.78 is 5.49. The van der Waals surface area contributed by atoms with Gasteiger partial charge in [-0.05, 0) is 30.9 Å². The molecular weight excluding hydrogens is 176 g/mol. The first-order valence-electron chi connectivity index (χ1n) is 5.07. The van der Waals surface area contributed by atoms with Crippen LogP contribution in [0.4, 0.5) is 0 Å². The second-order valence-electron chi connectivity index (χ2n) is 3.41. The SMILES string of the molecule is Cc1ccccc1COCCCCO. The van der Waals surface area contributed by atoms with E-state index in [9.17, 15) is 0 Å². The molecule has 0 unspecified atom stereocenters. The second-order valence-corrected chi connectivity index (χ2v) is 3.41. The van der Waals surface area contributed by atoms with E-state index in [1.54, 1.807) is 0 Å². The smallest absolute Gasteiger partial charge is 0.0719 e. The summed E-state index contributed by atoms with van der Waals surface area (Å²) in [5, 5.41) is 8.57. The van der Waals surface area contributed by atoms with Gasteiger partial charge in [0.05, 0.1) is 6.61 Å². The van der Waals surface area contributed by atoms with E-state index in [1.165, 1.54) is 11.1 Å². The number of benzene rings is 1. The minimum atomic E-state index is 0.258. The van der Waals surface area contributed by atoms with Gasteiger partial charge in [0.15, 0.2) is 0 Å². The zero-order chi connectivity index (χ0) is 10.2. The van der Waals surface area contributed by atoms with Crippen LogP contribution in [-0.2, 0) is 11.3 Å². The Balaban J connectivity index is 2.21. The van der Waals surface area contributed by atoms with Crippen molar-refractivity contribution in [3.05, 3.63) is 35.4 Å². The topological polar surface area (TPSA) is 29.5 Å². The van der Waals surface area contributed by atoms with Crippen LogP contribution in [0, 0.1) is 6.92 Å². The molecule has 14 heavy (non-hydrogen) atoms. The average molecular weight is 194 g/mol. The standard InChI is InChI=1S/C12H18O2/c1-11-6-2-3-7-12(11)10-14-9-5-4-8-13/h2-3,6-7,13H,4-5,8-10H2,1H3. The molecule has 78 valence electrons. The minimum absolute atomic E-state index is 0.258. The highest BCUT2D eigenvalue weighted by Gasteiger charge is 1.96. The van der Waals surface area contributed by atoms with Gasteiger partial charge in [-0.1, -0.05) is 24.3 Å². The Hall–Kier alpha value is -0.860. The molecule has 0 fully saturated rings. The summed E-state index contributed by atoms with van der Waals surface area (Å²) in [5.74, 6) is 0. The Morgan fingerprint density at radius 2 is 2.00 bits per heavy atom. The quantitative estimate of drug-likeness (QED) is 0.704. The predicted molar refractivity (Wildman–Crippen MR) is 57.2 cm³/mol. The van der Waals surface area contributed by atoms with Crippen molar-refractivity contribution in [1.29, 1.82) is 0 Å². The highest BCUT2D eigenvalue weighted by Crippen LogP contribution is 2.08. The highest BCUT2D eigenvalue weighted by atomic mass is 16.5. The van der Waals surface area contributed by atoms with Gasteiger partial charge in [-0.3, -0.25) is 0 Å². The van der Waals surface area contributed by atoms with Crippen LogP contribution in [0.25, 0.3) is 0 Å². The predicted octanol–water partition coefficient (Wildman–Crippen LogP) is 2.28. The van der Waals surface area contributed by atoms with Crippen molar-refractivity contribution in [2.75, 3.05) is 13.2 Å². The van der Waals surface area contributed by atoms with E-state index >= 15 is 0 Å². The van der Waals surface area contributed by atoms with Gasteiger partial charge in [-0.15, -0.1) is 0 Å². The van der Waals surface area contributed by atoms with Crippen LogP contribution in [0.1, 0.15) is 24.0 Å². The van der Waals surface area contributed by atoms with E-state index in [0.717, 1.165) is 19.4 Å². The van der Waals surface area contributed by atoms with Gasteiger partial charge in [0.1, 0.15) is 0 Å². The number of hydrogen-bond donors (Lipinski definition) is 1. The van der Waals surface area contributed by atoms with Gasteiger partial charge in [-0.2, -0.15) is 0 Å². The zero-order valence-corrected chi connectivity index (χ0v) is 8.70. The third-order valence-corrected chi connectivity index (χ3v) is 2.22. The maximum Gasteiger partial charge on any atom is 0.0719 e. The fourth-order valence-corrected chi connectivity index (χ4v) is 1.27. The molecule has 0 aliphatic carbocycles. The molecule has 2 nitrogen and oxygen atoms in total. The van der Waals surface area contributed by atoms with Gasteiger partial charge in [0.25, 0.3) is 0 Å². The van der Waals surface area contributed by atoms with Crippen molar-refractivity contribution in [3.8, 4) is 0 Å². The molecule has 1 N–H and O–H groups in total. The summed E-state index contributed by atoms with van der Waals surface area (Å²) >= 11 is 0. The molecule has 0 amide bonds. The zero-order valence-electron chi connectivity index (χ0n) is 8.70. The van der Waals surface area contributed by atoms with Crippen molar-refractivity contribution in [2.24, 2.45) is 0 Å². The molecule has 1 aromatic carbocycles. The molecule has 0 aliphatic heterocycles. The third kappa shape index (κ3) is 3.90. The molecule has 1 rings (SSSR count).